The second kappa shape index (κ2) is 7.50. The zero-order chi connectivity index (χ0) is 17.9. The fourth-order valence-corrected chi connectivity index (χ4v) is 3.92. The zero-order valence-corrected chi connectivity index (χ0v) is 15.4. The number of fused-ring (bicyclic) bond motifs is 1. The average Bonchev–Trinajstić information content (AvgIpc) is 3.33. The van der Waals surface area contributed by atoms with E-state index in [1.54, 1.807) is 0 Å². The molecule has 138 valence electrons. The van der Waals surface area contributed by atoms with Crippen LogP contribution in [0.4, 0.5) is 4.79 Å². The normalized spacial score (nSPS) is 20.2. The van der Waals surface area contributed by atoms with Crippen molar-refractivity contribution in [2.75, 3.05) is 26.2 Å². The first kappa shape index (κ1) is 17.1. The van der Waals surface area contributed by atoms with Gasteiger partial charge in [-0.05, 0) is 31.4 Å². The van der Waals surface area contributed by atoms with Gasteiger partial charge in [0, 0.05) is 45.5 Å². The van der Waals surface area contributed by atoms with Gasteiger partial charge in [0.25, 0.3) is 0 Å². The standard InChI is InChI=1S/C20H27N5O/c1-16-4-6-17(7-5-16)13-23-14-18-8-9-22-25(18)19(15-23)12-21-20(26)24-10-2-3-11-24/h4-9,19H,2-3,10-15H2,1H3,(H,21,26). The van der Waals surface area contributed by atoms with Crippen molar-refractivity contribution < 1.29 is 4.79 Å². The molecule has 2 aliphatic heterocycles. The average molecular weight is 353 g/mol. The molecule has 2 amide bonds. The van der Waals surface area contributed by atoms with E-state index in [9.17, 15) is 4.79 Å². The SMILES string of the molecule is Cc1ccc(CN2Cc3ccnn3C(CNC(=O)N3CCCC3)C2)cc1. The Balaban J connectivity index is 1.40. The van der Waals surface area contributed by atoms with Gasteiger partial charge in [0.15, 0.2) is 0 Å². The highest BCUT2D eigenvalue weighted by atomic mass is 16.2. The Morgan fingerprint density at radius 3 is 2.73 bits per heavy atom. The van der Waals surface area contributed by atoms with Crippen molar-refractivity contribution in [1.82, 2.24) is 24.9 Å². The predicted octanol–water partition coefficient (Wildman–Crippen LogP) is 2.55. The summed E-state index contributed by atoms with van der Waals surface area (Å²) < 4.78 is 2.08. The molecule has 0 bridgehead atoms. The molecule has 6 nitrogen and oxygen atoms in total. The van der Waals surface area contributed by atoms with Crippen molar-refractivity contribution in [3.63, 3.8) is 0 Å². The Labute approximate surface area is 154 Å². The molecule has 0 spiro atoms. The molecule has 1 aromatic carbocycles. The maximum Gasteiger partial charge on any atom is 0.317 e. The number of likely N-dealkylation sites (tertiary alicyclic amines) is 1. The van der Waals surface area contributed by atoms with Gasteiger partial charge in [0.2, 0.25) is 0 Å². The molecule has 1 N–H and O–H groups in total. The summed E-state index contributed by atoms with van der Waals surface area (Å²) in [7, 11) is 0. The highest BCUT2D eigenvalue weighted by Crippen LogP contribution is 2.22. The number of nitrogens with one attached hydrogen (secondary N) is 1. The lowest BCUT2D eigenvalue weighted by Crippen LogP contribution is -2.45. The van der Waals surface area contributed by atoms with E-state index in [0.717, 1.165) is 45.6 Å². The van der Waals surface area contributed by atoms with Crippen LogP contribution < -0.4 is 5.32 Å². The lowest BCUT2D eigenvalue weighted by Gasteiger charge is -2.34. The number of carbonyl (C=O) groups is 1. The van der Waals surface area contributed by atoms with Gasteiger partial charge in [0.05, 0.1) is 11.7 Å². The summed E-state index contributed by atoms with van der Waals surface area (Å²) in [5.41, 5.74) is 3.82. The van der Waals surface area contributed by atoms with E-state index < -0.39 is 0 Å². The van der Waals surface area contributed by atoms with E-state index in [-0.39, 0.29) is 12.1 Å². The molecule has 0 aliphatic carbocycles. The summed E-state index contributed by atoms with van der Waals surface area (Å²) >= 11 is 0. The fourth-order valence-electron chi connectivity index (χ4n) is 3.92. The number of urea groups is 1. The van der Waals surface area contributed by atoms with Crippen LogP contribution in [0.2, 0.25) is 0 Å². The number of aryl methyl sites for hydroxylation is 1. The minimum absolute atomic E-state index is 0.0619. The Hall–Kier alpha value is -2.34. The van der Waals surface area contributed by atoms with Gasteiger partial charge >= 0.3 is 6.03 Å². The van der Waals surface area contributed by atoms with E-state index in [4.69, 9.17) is 0 Å². The number of hydrogen-bond acceptors (Lipinski definition) is 3. The summed E-state index contributed by atoms with van der Waals surface area (Å²) in [6.07, 6.45) is 4.09. The van der Waals surface area contributed by atoms with Gasteiger partial charge in [-0.15, -0.1) is 0 Å². The third-order valence-corrected chi connectivity index (χ3v) is 5.36. The van der Waals surface area contributed by atoms with Crippen LogP contribution in [-0.2, 0) is 13.1 Å². The molecule has 1 saturated heterocycles. The number of hydrogen-bond donors (Lipinski definition) is 1. The Morgan fingerprint density at radius 1 is 1.19 bits per heavy atom. The van der Waals surface area contributed by atoms with Crippen LogP contribution in [0.15, 0.2) is 36.5 Å². The van der Waals surface area contributed by atoms with Crippen molar-refractivity contribution in [3.05, 3.63) is 53.3 Å². The van der Waals surface area contributed by atoms with Gasteiger partial charge in [-0.3, -0.25) is 9.58 Å². The third kappa shape index (κ3) is 3.75. The molecule has 0 saturated carbocycles. The van der Waals surface area contributed by atoms with Crippen LogP contribution in [0.3, 0.4) is 0 Å². The summed E-state index contributed by atoms with van der Waals surface area (Å²) in [5, 5.41) is 7.61. The van der Waals surface area contributed by atoms with Gasteiger partial charge < -0.3 is 10.2 Å². The fraction of sp³-hybridized carbons (Fsp3) is 0.500. The van der Waals surface area contributed by atoms with Crippen LogP contribution >= 0.6 is 0 Å². The largest absolute Gasteiger partial charge is 0.336 e. The lowest BCUT2D eigenvalue weighted by atomic mass is 10.1. The van der Waals surface area contributed by atoms with E-state index in [1.165, 1.54) is 16.8 Å². The van der Waals surface area contributed by atoms with E-state index >= 15 is 0 Å². The van der Waals surface area contributed by atoms with Gasteiger partial charge in [0.1, 0.15) is 0 Å². The molecule has 6 heteroatoms. The quantitative estimate of drug-likeness (QED) is 0.919. The maximum absolute atomic E-state index is 12.3. The van der Waals surface area contributed by atoms with Crippen molar-refractivity contribution in [2.45, 2.75) is 38.9 Å². The number of amides is 2. The van der Waals surface area contributed by atoms with E-state index in [2.05, 4.69) is 57.3 Å². The van der Waals surface area contributed by atoms with Crippen LogP contribution in [0.25, 0.3) is 0 Å². The molecule has 1 unspecified atom stereocenters. The smallest absolute Gasteiger partial charge is 0.317 e. The molecule has 2 aliphatic rings. The molecule has 3 heterocycles. The minimum Gasteiger partial charge on any atom is -0.336 e. The molecule has 4 rings (SSSR count). The van der Waals surface area contributed by atoms with Gasteiger partial charge in [-0.1, -0.05) is 29.8 Å². The van der Waals surface area contributed by atoms with Crippen LogP contribution in [0, 0.1) is 6.92 Å². The van der Waals surface area contributed by atoms with Crippen molar-refractivity contribution >= 4 is 6.03 Å². The monoisotopic (exact) mass is 353 g/mol. The van der Waals surface area contributed by atoms with Gasteiger partial charge in [-0.25, -0.2) is 4.79 Å². The minimum atomic E-state index is 0.0619. The molecule has 0 radical (unpaired) electrons. The maximum atomic E-state index is 12.3. The second-order valence-electron chi connectivity index (χ2n) is 7.46. The van der Waals surface area contributed by atoms with E-state index in [1.807, 2.05) is 11.1 Å². The predicted molar refractivity (Wildman–Crippen MR) is 101 cm³/mol. The zero-order valence-electron chi connectivity index (χ0n) is 15.4. The number of rotatable bonds is 4. The highest BCUT2D eigenvalue weighted by molar-refractivity contribution is 5.74. The Bertz CT molecular complexity index is 748. The van der Waals surface area contributed by atoms with Crippen LogP contribution in [0.5, 0.6) is 0 Å². The van der Waals surface area contributed by atoms with Gasteiger partial charge in [-0.2, -0.15) is 5.10 Å². The van der Waals surface area contributed by atoms with Crippen LogP contribution in [-0.4, -0.2) is 51.8 Å². The molecule has 26 heavy (non-hydrogen) atoms. The summed E-state index contributed by atoms with van der Waals surface area (Å²) in [6.45, 7) is 7.19. The number of nitrogens with zero attached hydrogens (tertiary/aromatic N) is 4. The van der Waals surface area contributed by atoms with Crippen molar-refractivity contribution in [1.29, 1.82) is 0 Å². The first-order valence-corrected chi connectivity index (χ1v) is 9.52. The Morgan fingerprint density at radius 2 is 1.96 bits per heavy atom. The van der Waals surface area contributed by atoms with Crippen molar-refractivity contribution in [3.8, 4) is 0 Å². The highest BCUT2D eigenvalue weighted by Gasteiger charge is 2.27. The Kier molecular flexibility index (Phi) is 4.93. The summed E-state index contributed by atoms with van der Waals surface area (Å²) in [4.78, 5) is 16.7. The lowest BCUT2D eigenvalue weighted by molar-refractivity contribution is 0.161. The van der Waals surface area contributed by atoms with Crippen LogP contribution in [0.1, 0.15) is 35.7 Å². The first-order valence-electron chi connectivity index (χ1n) is 9.52. The number of aromatic nitrogens is 2. The summed E-state index contributed by atoms with van der Waals surface area (Å²) in [5.74, 6) is 0. The number of benzene rings is 1. The topological polar surface area (TPSA) is 53.4 Å². The molecule has 2 aromatic rings. The van der Waals surface area contributed by atoms with Crippen molar-refractivity contribution in [2.24, 2.45) is 0 Å². The molecular formula is C20H27N5O. The van der Waals surface area contributed by atoms with E-state index in [0.29, 0.717) is 6.54 Å². The molecular weight excluding hydrogens is 326 g/mol. The summed E-state index contributed by atoms with van der Waals surface area (Å²) in [6, 6.07) is 11.0. The first-order chi connectivity index (χ1) is 12.7. The molecule has 1 aromatic heterocycles. The molecule has 1 atom stereocenters. The number of carbonyl (C=O) groups excluding carboxylic acids is 1. The second-order valence-corrected chi connectivity index (χ2v) is 7.46. The molecule has 1 fully saturated rings. The third-order valence-electron chi connectivity index (χ3n) is 5.36.